The van der Waals surface area contributed by atoms with Crippen molar-refractivity contribution in [3.05, 3.63) is 72.1 Å². The minimum Gasteiger partial charge on any atom is -0.326 e. The number of hydrogen-bond acceptors (Lipinski definition) is 4. The number of aromatic nitrogens is 1. The molecule has 28 heavy (non-hydrogen) atoms. The number of aryl methyl sites for hydroxylation is 2. The zero-order chi connectivity index (χ0) is 20.3. The fraction of sp³-hybridized carbons (Fsp3) is 0.143. The van der Waals surface area contributed by atoms with Gasteiger partial charge in [-0.05, 0) is 73.0 Å². The van der Waals surface area contributed by atoms with Crippen LogP contribution in [0.2, 0.25) is 0 Å². The molecule has 0 saturated carbocycles. The number of rotatable bonds is 5. The Balaban J connectivity index is 1.84. The molecule has 144 valence electrons. The summed E-state index contributed by atoms with van der Waals surface area (Å²) in [5.74, 6) is -0.215. The topological polar surface area (TPSA) is 88.2 Å². The van der Waals surface area contributed by atoms with Crippen molar-refractivity contribution in [2.75, 3.05) is 10.0 Å². The van der Waals surface area contributed by atoms with E-state index in [2.05, 4.69) is 15.0 Å². The van der Waals surface area contributed by atoms with Gasteiger partial charge in [-0.1, -0.05) is 6.07 Å². The van der Waals surface area contributed by atoms with E-state index in [1.807, 2.05) is 26.0 Å². The number of nitrogens with zero attached hydrogens (tertiary/aromatic N) is 1. The summed E-state index contributed by atoms with van der Waals surface area (Å²) in [7, 11) is -3.74. The molecule has 0 atom stereocenters. The number of hydrogen-bond donors (Lipinski definition) is 2. The molecule has 2 N–H and O–H groups in total. The van der Waals surface area contributed by atoms with Crippen molar-refractivity contribution in [3.63, 3.8) is 0 Å². The Bertz CT molecular complexity index is 1120. The first kappa shape index (κ1) is 19.6. The Morgan fingerprint density at radius 3 is 2.18 bits per heavy atom. The van der Waals surface area contributed by atoms with Gasteiger partial charge in [0.1, 0.15) is 0 Å². The molecule has 3 rings (SSSR count). The van der Waals surface area contributed by atoms with Crippen molar-refractivity contribution < 1.29 is 13.2 Å². The second-order valence-electron chi connectivity index (χ2n) is 6.53. The van der Waals surface area contributed by atoms with Crippen LogP contribution in [-0.2, 0) is 14.8 Å². The fourth-order valence-electron chi connectivity index (χ4n) is 2.91. The maximum Gasteiger partial charge on any atom is 0.261 e. The predicted molar refractivity (Wildman–Crippen MR) is 111 cm³/mol. The number of nitrogens with one attached hydrogen (secondary N) is 2. The number of carbonyl (C=O) groups excluding carboxylic acids is 1. The smallest absolute Gasteiger partial charge is 0.261 e. The molecule has 1 heterocycles. The predicted octanol–water partition coefficient (Wildman–Crippen LogP) is 4.12. The largest absolute Gasteiger partial charge is 0.326 e. The lowest BCUT2D eigenvalue weighted by molar-refractivity contribution is -0.114. The summed E-state index contributed by atoms with van der Waals surface area (Å²) in [5.41, 5.74) is 5.09. The third-order valence-corrected chi connectivity index (χ3v) is 5.69. The van der Waals surface area contributed by atoms with Gasteiger partial charge in [-0.15, -0.1) is 0 Å². The summed E-state index contributed by atoms with van der Waals surface area (Å²) in [5, 5.41) is 2.61. The van der Waals surface area contributed by atoms with Gasteiger partial charge >= 0.3 is 0 Å². The van der Waals surface area contributed by atoms with Gasteiger partial charge < -0.3 is 5.32 Å². The van der Waals surface area contributed by atoms with Gasteiger partial charge in [0.25, 0.3) is 10.0 Å². The third kappa shape index (κ3) is 4.37. The Kier molecular flexibility index (Phi) is 5.46. The van der Waals surface area contributed by atoms with Gasteiger partial charge in [0.05, 0.1) is 4.90 Å². The highest BCUT2D eigenvalue weighted by Crippen LogP contribution is 2.28. The van der Waals surface area contributed by atoms with Gasteiger partial charge in [0, 0.05) is 36.3 Å². The van der Waals surface area contributed by atoms with Crippen molar-refractivity contribution in [3.8, 4) is 11.1 Å². The Morgan fingerprint density at radius 2 is 1.57 bits per heavy atom. The summed E-state index contributed by atoms with van der Waals surface area (Å²) in [6.45, 7) is 5.34. The summed E-state index contributed by atoms with van der Waals surface area (Å²) >= 11 is 0. The molecule has 0 aliphatic carbocycles. The molecule has 0 saturated heterocycles. The molecule has 1 amide bonds. The lowest BCUT2D eigenvalue weighted by atomic mass is 9.98. The van der Waals surface area contributed by atoms with E-state index >= 15 is 0 Å². The number of benzene rings is 2. The highest BCUT2D eigenvalue weighted by molar-refractivity contribution is 7.92. The highest BCUT2D eigenvalue weighted by Gasteiger charge is 2.15. The molecule has 0 bridgehead atoms. The third-order valence-electron chi connectivity index (χ3n) is 4.29. The second-order valence-corrected chi connectivity index (χ2v) is 8.21. The van der Waals surface area contributed by atoms with Crippen molar-refractivity contribution in [2.24, 2.45) is 0 Å². The van der Waals surface area contributed by atoms with Crippen molar-refractivity contribution in [1.82, 2.24) is 4.98 Å². The quantitative estimate of drug-likeness (QED) is 0.680. The van der Waals surface area contributed by atoms with Crippen LogP contribution in [0.1, 0.15) is 18.1 Å². The maximum atomic E-state index is 12.6. The lowest BCUT2D eigenvalue weighted by Crippen LogP contribution is -2.13. The molecule has 3 aromatic rings. The minimum absolute atomic E-state index is 0.117. The zero-order valence-electron chi connectivity index (χ0n) is 15.9. The van der Waals surface area contributed by atoms with Crippen LogP contribution in [0.3, 0.4) is 0 Å². The first-order valence-corrected chi connectivity index (χ1v) is 10.2. The first-order chi connectivity index (χ1) is 13.3. The van der Waals surface area contributed by atoms with Crippen LogP contribution in [0.4, 0.5) is 11.4 Å². The fourth-order valence-corrected chi connectivity index (χ4v) is 3.96. The molecule has 7 heteroatoms. The Morgan fingerprint density at radius 1 is 0.893 bits per heavy atom. The van der Waals surface area contributed by atoms with Crippen LogP contribution in [0.15, 0.2) is 65.8 Å². The number of anilines is 2. The molecular weight excluding hydrogens is 374 g/mol. The lowest BCUT2D eigenvalue weighted by Gasteiger charge is -2.13. The number of amides is 1. The maximum absolute atomic E-state index is 12.6. The van der Waals surface area contributed by atoms with E-state index in [0.29, 0.717) is 11.4 Å². The molecule has 2 aromatic carbocycles. The number of carbonyl (C=O) groups is 1. The van der Waals surface area contributed by atoms with Gasteiger partial charge in [-0.3, -0.25) is 14.5 Å². The van der Waals surface area contributed by atoms with Crippen LogP contribution in [0.5, 0.6) is 0 Å². The van der Waals surface area contributed by atoms with Crippen molar-refractivity contribution in [2.45, 2.75) is 25.7 Å². The van der Waals surface area contributed by atoms with Crippen LogP contribution in [0.25, 0.3) is 11.1 Å². The number of sulfonamides is 1. The average molecular weight is 395 g/mol. The molecule has 0 unspecified atom stereocenters. The van der Waals surface area contributed by atoms with E-state index < -0.39 is 10.0 Å². The van der Waals surface area contributed by atoms with Crippen molar-refractivity contribution >= 4 is 27.3 Å². The first-order valence-electron chi connectivity index (χ1n) is 8.68. The van der Waals surface area contributed by atoms with E-state index in [0.717, 1.165) is 22.3 Å². The van der Waals surface area contributed by atoms with E-state index in [-0.39, 0.29) is 10.8 Å². The molecular formula is C21H21N3O3S. The van der Waals surface area contributed by atoms with E-state index in [4.69, 9.17) is 0 Å². The van der Waals surface area contributed by atoms with Gasteiger partial charge in [0.2, 0.25) is 5.91 Å². The molecule has 1 aromatic heterocycles. The SMILES string of the molecule is CC(=O)Nc1ccc(S(=O)(=O)Nc2ccc(-c3cnccc3C)c(C)c2)cc1. The minimum atomic E-state index is -3.74. The highest BCUT2D eigenvalue weighted by atomic mass is 32.2. The van der Waals surface area contributed by atoms with Gasteiger partial charge in [-0.2, -0.15) is 0 Å². The van der Waals surface area contributed by atoms with Crippen molar-refractivity contribution in [1.29, 1.82) is 0 Å². The molecule has 0 spiro atoms. The van der Waals surface area contributed by atoms with E-state index in [9.17, 15) is 13.2 Å². The standard InChI is InChI=1S/C21H21N3O3S/c1-14-10-11-22-13-21(14)20-9-6-18(12-15(20)2)24-28(26,27)19-7-4-17(5-8-19)23-16(3)25/h4-13,24H,1-3H3,(H,23,25). The van der Waals surface area contributed by atoms with E-state index in [1.165, 1.54) is 19.1 Å². The number of pyridine rings is 1. The summed E-state index contributed by atoms with van der Waals surface area (Å²) < 4.78 is 27.9. The normalized spacial score (nSPS) is 11.1. The Labute approximate surface area is 164 Å². The van der Waals surface area contributed by atoms with E-state index in [1.54, 1.807) is 36.7 Å². The Hall–Kier alpha value is -3.19. The molecule has 0 aliphatic rings. The summed E-state index contributed by atoms with van der Waals surface area (Å²) in [4.78, 5) is 15.4. The zero-order valence-corrected chi connectivity index (χ0v) is 16.7. The molecule has 6 nitrogen and oxygen atoms in total. The monoisotopic (exact) mass is 395 g/mol. The van der Waals surface area contributed by atoms with Crippen LogP contribution in [0, 0.1) is 13.8 Å². The van der Waals surface area contributed by atoms with Gasteiger partial charge in [-0.25, -0.2) is 8.42 Å². The summed E-state index contributed by atoms with van der Waals surface area (Å²) in [6, 6.07) is 13.4. The van der Waals surface area contributed by atoms with Gasteiger partial charge in [0.15, 0.2) is 0 Å². The molecule has 0 fully saturated rings. The average Bonchev–Trinajstić information content (AvgIpc) is 2.62. The molecule has 0 aliphatic heterocycles. The second kappa shape index (κ2) is 7.82. The van der Waals surface area contributed by atoms with Crippen LogP contribution in [-0.4, -0.2) is 19.3 Å². The van der Waals surface area contributed by atoms with Crippen LogP contribution >= 0.6 is 0 Å². The molecule has 0 radical (unpaired) electrons. The van der Waals surface area contributed by atoms with Crippen LogP contribution < -0.4 is 10.0 Å². The summed E-state index contributed by atoms with van der Waals surface area (Å²) in [6.07, 6.45) is 3.55.